The zero-order chi connectivity index (χ0) is 18.8. The highest BCUT2D eigenvalue weighted by Gasteiger charge is 2.20. The van der Waals surface area contributed by atoms with Crippen LogP contribution in [0.3, 0.4) is 0 Å². The van der Waals surface area contributed by atoms with E-state index in [2.05, 4.69) is 17.2 Å². The van der Waals surface area contributed by atoms with E-state index < -0.39 is 0 Å². The Hall–Kier alpha value is -2.89. The molecule has 26 heavy (non-hydrogen) atoms. The number of hydrogen-bond acceptors (Lipinski definition) is 4. The van der Waals surface area contributed by atoms with Gasteiger partial charge in [0.15, 0.2) is 11.5 Å². The maximum atomic E-state index is 12.7. The second-order valence-electron chi connectivity index (χ2n) is 6.57. The molecule has 0 atom stereocenters. The van der Waals surface area contributed by atoms with Gasteiger partial charge in [0.25, 0.3) is 5.91 Å². The number of carbonyl (C=O) groups excluding carboxylic acids is 1. The van der Waals surface area contributed by atoms with Gasteiger partial charge in [-0.25, -0.2) is 0 Å². The zero-order valence-electron chi connectivity index (χ0n) is 15.9. The normalized spacial score (nSPS) is 11.0. The zero-order valence-corrected chi connectivity index (χ0v) is 15.9. The predicted molar refractivity (Wildman–Crippen MR) is 99.8 cm³/mol. The average Bonchev–Trinajstić information content (AvgIpc) is 3.22. The lowest BCUT2D eigenvalue weighted by Gasteiger charge is -2.16. The van der Waals surface area contributed by atoms with Crippen molar-refractivity contribution in [2.75, 3.05) is 7.05 Å². The Morgan fingerprint density at radius 3 is 2.50 bits per heavy atom. The van der Waals surface area contributed by atoms with E-state index in [-0.39, 0.29) is 5.91 Å². The summed E-state index contributed by atoms with van der Waals surface area (Å²) in [6.07, 6.45) is 0. The van der Waals surface area contributed by atoms with Crippen LogP contribution in [0.4, 0.5) is 0 Å². The van der Waals surface area contributed by atoms with Crippen LogP contribution in [0.5, 0.6) is 0 Å². The molecule has 0 saturated carbocycles. The van der Waals surface area contributed by atoms with Crippen LogP contribution in [0.2, 0.25) is 0 Å². The molecule has 0 bridgehead atoms. The third-order valence-corrected chi connectivity index (χ3v) is 4.64. The molecule has 0 aliphatic carbocycles. The van der Waals surface area contributed by atoms with Gasteiger partial charge in [0.1, 0.15) is 0 Å². The first-order chi connectivity index (χ1) is 12.4. The molecule has 0 spiro atoms. The first-order valence-corrected chi connectivity index (χ1v) is 8.72. The number of rotatable bonds is 5. The molecule has 0 fully saturated rings. The van der Waals surface area contributed by atoms with Crippen molar-refractivity contribution in [3.63, 3.8) is 0 Å². The third kappa shape index (κ3) is 3.40. The number of carbonyl (C=O) groups is 1. The summed E-state index contributed by atoms with van der Waals surface area (Å²) in [4.78, 5) is 14.4. The Bertz CT molecular complexity index is 922. The SMILES string of the molecule is CCn1nc(C)c(CN(C)C(=O)c2cc(-c3ccc(C)cc3)on2)c1C. The van der Waals surface area contributed by atoms with Crippen LogP contribution in [-0.4, -0.2) is 32.8 Å². The van der Waals surface area contributed by atoms with E-state index in [4.69, 9.17) is 4.52 Å². The van der Waals surface area contributed by atoms with E-state index in [1.807, 2.05) is 49.7 Å². The summed E-state index contributed by atoms with van der Waals surface area (Å²) in [6.45, 7) is 9.39. The second kappa shape index (κ2) is 7.15. The van der Waals surface area contributed by atoms with Crippen LogP contribution in [0.1, 0.15) is 39.9 Å². The van der Waals surface area contributed by atoms with Crippen LogP contribution < -0.4 is 0 Å². The first-order valence-electron chi connectivity index (χ1n) is 8.72. The van der Waals surface area contributed by atoms with E-state index in [9.17, 15) is 4.79 Å². The van der Waals surface area contributed by atoms with Crippen LogP contribution in [0.25, 0.3) is 11.3 Å². The Morgan fingerprint density at radius 2 is 1.88 bits per heavy atom. The van der Waals surface area contributed by atoms with Gasteiger partial charge in [0, 0.05) is 43.0 Å². The highest BCUT2D eigenvalue weighted by molar-refractivity contribution is 5.93. The number of hydrogen-bond donors (Lipinski definition) is 0. The highest BCUT2D eigenvalue weighted by Crippen LogP contribution is 2.22. The van der Waals surface area contributed by atoms with E-state index in [0.29, 0.717) is 18.0 Å². The maximum Gasteiger partial charge on any atom is 0.276 e. The lowest BCUT2D eigenvalue weighted by atomic mass is 10.1. The quantitative estimate of drug-likeness (QED) is 0.701. The Labute approximate surface area is 153 Å². The fourth-order valence-corrected chi connectivity index (χ4v) is 3.01. The van der Waals surface area contributed by atoms with E-state index >= 15 is 0 Å². The molecular formula is C20H24N4O2. The Morgan fingerprint density at radius 1 is 1.19 bits per heavy atom. The number of amides is 1. The minimum Gasteiger partial charge on any atom is -0.355 e. The minimum atomic E-state index is -0.171. The number of benzene rings is 1. The van der Waals surface area contributed by atoms with Crippen molar-refractivity contribution in [2.45, 2.75) is 40.8 Å². The van der Waals surface area contributed by atoms with Gasteiger partial charge in [-0.15, -0.1) is 0 Å². The van der Waals surface area contributed by atoms with Gasteiger partial charge >= 0.3 is 0 Å². The van der Waals surface area contributed by atoms with Gasteiger partial charge in [-0.3, -0.25) is 9.48 Å². The third-order valence-electron chi connectivity index (χ3n) is 4.64. The van der Waals surface area contributed by atoms with E-state index in [1.54, 1.807) is 18.0 Å². The topological polar surface area (TPSA) is 64.2 Å². The lowest BCUT2D eigenvalue weighted by molar-refractivity contribution is 0.0774. The molecule has 0 N–H and O–H groups in total. The summed E-state index contributed by atoms with van der Waals surface area (Å²) < 4.78 is 7.32. The van der Waals surface area contributed by atoms with Crippen molar-refractivity contribution in [3.8, 4) is 11.3 Å². The molecular weight excluding hydrogens is 328 g/mol. The van der Waals surface area contributed by atoms with Crippen molar-refractivity contribution in [1.29, 1.82) is 0 Å². The molecule has 0 radical (unpaired) electrons. The molecule has 0 unspecified atom stereocenters. The predicted octanol–water partition coefficient (Wildman–Crippen LogP) is 3.76. The van der Waals surface area contributed by atoms with Gasteiger partial charge in [-0.1, -0.05) is 35.0 Å². The summed E-state index contributed by atoms with van der Waals surface area (Å²) in [7, 11) is 1.77. The van der Waals surface area contributed by atoms with Crippen molar-refractivity contribution < 1.29 is 9.32 Å². The summed E-state index contributed by atoms with van der Waals surface area (Å²) in [5.74, 6) is 0.420. The monoisotopic (exact) mass is 352 g/mol. The molecule has 6 heteroatoms. The summed E-state index contributed by atoms with van der Waals surface area (Å²) in [5.41, 5.74) is 5.49. The molecule has 6 nitrogen and oxygen atoms in total. The average molecular weight is 352 g/mol. The lowest BCUT2D eigenvalue weighted by Crippen LogP contribution is -2.27. The molecule has 1 aromatic carbocycles. The largest absolute Gasteiger partial charge is 0.355 e. The highest BCUT2D eigenvalue weighted by atomic mass is 16.5. The maximum absolute atomic E-state index is 12.7. The number of nitrogens with zero attached hydrogens (tertiary/aromatic N) is 4. The number of aromatic nitrogens is 3. The molecule has 0 saturated heterocycles. The van der Waals surface area contributed by atoms with Gasteiger partial charge in [0.05, 0.1) is 5.69 Å². The standard InChI is InChI=1S/C20H24N4O2/c1-6-24-15(4)17(14(3)21-24)12-23(5)20(25)18-11-19(26-22-18)16-9-7-13(2)8-10-16/h7-11H,6,12H2,1-5H3. The summed E-state index contributed by atoms with van der Waals surface area (Å²) in [5, 5.41) is 8.47. The molecule has 3 rings (SSSR count). The van der Waals surface area contributed by atoms with E-state index in [0.717, 1.165) is 29.1 Å². The first kappa shape index (κ1) is 17.9. The number of aryl methyl sites for hydroxylation is 3. The van der Waals surface area contributed by atoms with Gasteiger partial charge < -0.3 is 9.42 Å². The molecule has 2 heterocycles. The summed E-state index contributed by atoms with van der Waals surface area (Å²) >= 11 is 0. The van der Waals surface area contributed by atoms with Crippen molar-refractivity contribution >= 4 is 5.91 Å². The molecule has 1 amide bonds. The van der Waals surface area contributed by atoms with Crippen LogP contribution in [-0.2, 0) is 13.1 Å². The Kier molecular flexibility index (Phi) is 4.93. The molecule has 136 valence electrons. The van der Waals surface area contributed by atoms with Gasteiger partial charge in [0.2, 0.25) is 0 Å². The fourth-order valence-electron chi connectivity index (χ4n) is 3.01. The van der Waals surface area contributed by atoms with Crippen LogP contribution >= 0.6 is 0 Å². The van der Waals surface area contributed by atoms with Crippen molar-refractivity contribution in [1.82, 2.24) is 19.8 Å². The van der Waals surface area contributed by atoms with E-state index in [1.165, 1.54) is 5.56 Å². The van der Waals surface area contributed by atoms with Crippen LogP contribution in [0, 0.1) is 20.8 Å². The smallest absolute Gasteiger partial charge is 0.276 e. The fraction of sp³-hybridized carbons (Fsp3) is 0.350. The molecule has 2 aromatic heterocycles. The Balaban J connectivity index is 1.77. The van der Waals surface area contributed by atoms with Crippen molar-refractivity contribution in [2.24, 2.45) is 0 Å². The molecule has 0 aliphatic rings. The second-order valence-corrected chi connectivity index (χ2v) is 6.57. The van der Waals surface area contributed by atoms with Crippen LogP contribution in [0.15, 0.2) is 34.9 Å². The van der Waals surface area contributed by atoms with Gasteiger partial charge in [-0.05, 0) is 27.7 Å². The molecule has 0 aliphatic heterocycles. The molecule has 3 aromatic rings. The minimum absolute atomic E-state index is 0.171. The summed E-state index contributed by atoms with van der Waals surface area (Å²) in [6, 6.07) is 9.61. The van der Waals surface area contributed by atoms with Crippen molar-refractivity contribution in [3.05, 3.63) is 58.5 Å². The van der Waals surface area contributed by atoms with Gasteiger partial charge in [-0.2, -0.15) is 5.10 Å².